The molecule has 0 aliphatic carbocycles. The van der Waals surface area contributed by atoms with Crippen molar-refractivity contribution in [1.29, 1.82) is 5.26 Å². The maximum atomic E-state index is 8.88. The average Bonchev–Trinajstić information content (AvgIpc) is 2.17. The van der Waals surface area contributed by atoms with Crippen LogP contribution in [0.5, 0.6) is 5.88 Å². The third-order valence-corrected chi connectivity index (χ3v) is 2.13. The molecule has 0 amide bonds. The summed E-state index contributed by atoms with van der Waals surface area (Å²) in [5.41, 5.74) is 5.81. The zero-order chi connectivity index (χ0) is 10.6. The molecule has 0 saturated heterocycles. The molecule has 1 heterocycles. The molecule has 1 aromatic heterocycles. The van der Waals surface area contributed by atoms with E-state index in [-0.39, 0.29) is 11.8 Å². The van der Waals surface area contributed by atoms with Gasteiger partial charge in [-0.15, -0.1) is 11.8 Å². The minimum atomic E-state index is 0.122. The molecule has 0 saturated carbocycles. The van der Waals surface area contributed by atoms with Crippen LogP contribution >= 0.6 is 11.8 Å². The number of nitriles is 1. The van der Waals surface area contributed by atoms with E-state index in [1.807, 2.05) is 19.2 Å². The molecule has 0 radical (unpaired) electrons. The Kier molecular flexibility index (Phi) is 3.54. The molecule has 0 fully saturated rings. The molecule has 0 aromatic carbocycles. The molecule has 6 heteroatoms. The number of nitrogens with zero attached hydrogens (tertiary/aromatic N) is 3. The first-order chi connectivity index (χ1) is 6.72. The maximum absolute atomic E-state index is 8.88. The van der Waals surface area contributed by atoms with E-state index in [2.05, 4.69) is 9.97 Å². The number of ether oxygens (including phenoxy) is 1. The van der Waals surface area contributed by atoms with E-state index in [1.165, 1.54) is 11.8 Å². The average molecular weight is 210 g/mol. The van der Waals surface area contributed by atoms with E-state index < -0.39 is 0 Å². The van der Waals surface area contributed by atoms with Crippen molar-refractivity contribution in [3.8, 4) is 11.9 Å². The predicted octanol–water partition coefficient (Wildman–Crippen LogP) is 1.05. The van der Waals surface area contributed by atoms with E-state index in [1.54, 1.807) is 0 Å². The van der Waals surface area contributed by atoms with Gasteiger partial charge in [-0.05, 0) is 13.2 Å². The van der Waals surface area contributed by atoms with Crippen molar-refractivity contribution >= 4 is 17.7 Å². The van der Waals surface area contributed by atoms with Crippen molar-refractivity contribution in [1.82, 2.24) is 9.97 Å². The summed E-state index contributed by atoms with van der Waals surface area (Å²) in [5, 5.41) is 9.43. The Hall–Kier alpha value is -1.48. The summed E-state index contributed by atoms with van der Waals surface area (Å²) in [6.45, 7) is 2.26. The van der Waals surface area contributed by atoms with Crippen molar-refractivity contribution < 1.29 is 4.74 Å². The molecule has 14 heavy (non-hydrogen) atoms. The van der Waals surface area contributed by atoms with Crippen molar-refractivity contribution in [3.05, 3.63) is 5.56 Å². The number of nitrogen functional groups attached to an aromatic ring is 1. The summed E-state index contributed by atoms with van der Waals surface area (Å²) in [6.07, 6.45) is 1.82. The van der Waals surface area contributed by atoms with Crippen molar-refractivity contribution in [2.75, 3.05) is 18.6 Å². The van der Waals surface area contributed by atoms with Gasteiger partial charge in [-0.2, -0.15) is 10.2 Å². The van der Waals surface area contributed by atoms with Gasteiger partial charge in [-0.1, -0.05) is 0 Å². The number of hydrogen-bond donors (Lipinski definition) is 1. The molecular weight excluding hydrogens is 200 g/mol. The predicted molar refractivity (Wildman–Crippen MR) is 54.1 cm³/mol. The molecule has 5 nitrogen and oxygen atoms in total. The van der Waals surface area contributed by atoms with E-state index >= 15 is 0 Å². The number of aromatic nitrogens is 2. The fraction of sp³-hybridized carbons (Fsp3) is 0.375. The van der Waals surface area contributed by atoms with Crippen LogP contribution in [0.3, 0.4) is 0 Å². The number of rotatable bonds is 3. The van der Waals surface area contributed by atoms with Gasteiger partial charge in [0, 0.05) is 0 Å². The Morgan fingerprint density at radius 1 is 1.57 bits per heavy atom. The zero-order valence-corrected chi connectivity index (χ0v) is 8.76. The lowest BCUT2D eigenvalue weighted by atomic mass is 10.3. The largest absolute Gasteiger partial charge is 0.477 e. The van der Waals surface area contributed by atoms with Crippen LogP contribution in [-0.2, 0) is 0 Å². The molecule has 2 N–H and O–H groups in total. The van der Waals surface area contributed by atoms with Crippen LogP contribution in [0, 0.1) is 11.3 Å². The number of thioether (sulfide) groups is 1. The summed E-state index contributed by atoms with van der Waals surface area (Å²) in [5.74, 6) is 0.378. The Morgan fingerprint density at radius 2 is 2.29 bits per heavy atom. The van der Waals surface area contributed by atoms with Gasteiger partial charge >= 0.3 is 0 Å². The van der Waals surface area contributed by atoms with Crippen molar-refractivity contribution in [2.45, 2.75) is 11.9 Å². The lowest BCUT2D eigenvalue weighted by Gasteiger charge is -2.06. The number of anilines is 1. The van der Waals surface area contributed by atoms with E-state index in [0.717, 1.165) is 0 Å². The quantitative estimate of drug-likeness (QED) is 0.593. The van der Waals surface area contributed by atoms with Crippen LogP contribution in [0.15, 0.2) is 5.03 Å². The van der Waals surface area contributed by atoms with Gasteiger partial charge in [-0.25, -0.2) is 4.98 Å². The first-order valence-electron chi connectivity index (χ1n) is 3.97. The second-order valence-electron chi connectivity index (χ2n) is 2.32. The molecular formula is C8H10N4OS. The van der Waals surface area contributed by atoms with Crippen molar-refractivity contribution in [3.63, 3.8) is 0 Å². The van der Waals surface area contributed by atoms with Gasteiger partial charge in [0.05, 0.1) is 6.61 Å². The third kappa shape index (κ3) is 2.06. The van der Waals surface area contributed by atoms with Gasteiger partial charge in [-0.3, -0.25) is 0 Å². The van der Waals surface area contributed by atoms with E-state index in [9.17, 15) is 0 Å². The minimum absolute atomic E-state index is 0.122. The maximum Gasteiger partial charge on any atom is 0.237 e. The van der Waals surface area contributed by atoms with Gasteiger partial charge in [0.2, 0.25) is 11.8 Å². The Morgan fingerprint density at radius 3 is 2.79 bits per heavy atom. The lowest BCUT2D eigenvalue weighted by Crippen LogP contribution is -2.04. The summed E-state index contributed by atoms with van der Waals surface area (Å²) in [4.78, 5) is 7.78. The number of hydrogen-bond acceptors (Lipinski definition) is 6. The molecule has 0 unspecified atom stereocenters. The highest BCUT2D eigenvalue weighted by Gasteiger charge is 2.13. The standard InChI is InChI=1S/C8H10N4OS/c1-3-13-6-5(4-9)7(14-2)12-8(10)11-6/h3H2,1-2H3,(H2,10,11,12). The fourth-order valence-electron chi connectivity index (χ4n) is 0.921. The van der Waals surface area contributed by atoms with Gasteiger partial charge < -0.3 is 10.5 Å². The SMILES string of the molecule is CCOc1nc(N)nc(SC)c1C#N. The van der Waals surface area contributed by atoms with Crippen LogP contribution in [0.25, 0.3) is 0 Å². The van der Waals surface area contributed by atoms with Gasteiger partial charge in [0.25, 0.3) is 0 Å². The van der Waals surface area contributed by atoms with Crippen molar-refractivity contribution in [2.24, 2.45) is 0 Å². The highest BCUT2D eigenvalue weighted by Crippen LogP contribution is 2.25. The Balaban J connectivity index is 3.26. The zero-order valence-electron chi connectivity index (χ0n) is 7.94. The Labute approximate surface area is 86.3 Å². The topological polar surface area (TPSA) is 84.8 Å². The lowest BCUT2D eigenvalue weighted by molar-refractivity contribution is 0.324. The van der Waals surface area contributed by atoms with Gasteiger partial charge in [0.1, 0.15) is 16.7 Å². The smallest absolute Gasteiger partial charge is 0.237 e. The highest BCUT2D eigenvalue weighted by atomic mass is 32.2. The van der Waals surface area contributed by atoms with Gasteiger partial charge in [0.15, 0.2) is 0 Å². The molecule has 0 bridgehead atoms. The monoisotopic (exact) mass is 210 g/mol. The van der Waals surface area contributed by atoms with Crippen LogP contribution < -0.4 is 10.5 Å². The molecule has 1 aromatic rings. The summed E-state index contributed by atoms with van der Waals surface area (Å²) in [7, 11) is 0. The first kappa shape index (κ1) is 10.6. The summed E-state index contributed by atoms with van der Waals surface area (Å²) >= 11 is 1.34. The second-order valence-corrected chi connectivity index (χ2v) is 3.11. The van der Waals surface area contributed by atoms with E-state index in [4.69, 9.17) is 15.7 Å². The third-order valence-electron chi connectivity index (χ3n) is 1.45. The number of nitrogens with two attached hydrogens (primary N) is 1. The summed E-state index contributed by atoms with van der Waals surface area (Å²) < 4.78 is 5.18. The van der Waals surface area contributed by atoms with E-state index in [0.29, 0.717) is 17.2 Å². The van der Waals surface area contributed by atoms with Crippen LogP contribution in [0.1, 0.15) is 12.5 Å². The molecule has 74 valence electrons. The normalized spacial score (nSPS) is 9.50. The summed E-state index contributed by atoms with van der Waals surface area (Å²) in [6, 6.07) is 2.00. The van der Waals surface area contributed by atoms with Crippen LogP contribution in [0.2, 0.25) is 0 Å². The molecule has 1 rings (SSSR count). The van der Waals surface area contributed by atoms with Crippen LogP contribution in [0.4, 0.5) is 5.95 Å². The molecule has 0 spiro atoms. The second kappa shape index (κ2) is 4.67. The molecule has 0 aliphatic heterocycles. The first-order valence-corrected chi connectivity index (χ1v) is 5.19. The fourth-order valence-corrected chi connectivity index (χ4v) is 1.44. The highest BCUT2D eigenvalue weighted by molar-refractivity contribution is 7.98. The minimum Gasteiger partial charge on any atom is -0.477 e. The van der Waals surface area contributed by atoms with Crippen LogP contribution in [-0.4, -0.2) is 22.8 Å². The Bertz CT molecular complexity index is 374. The molecule has 0 atom stereocenters. The molecule has 0 aliphatic rings.